The second kappa shape index (κ2) is 8.02. The molecule has 1 saturated heterocycles. The Morgan fingerprint density at radius 3 is 2.48 bits per heavy atom. The number of piperidine rings is 1. The molecule has 0 spiro atoms. The van der Waals surface area contributed by atoms with Crippen LogP contribution >= 0.6 is 0 Å². The van der Waals surface area contributed by atoms with Crippen LogP contribution in [0.2, 0.25) is 0 Å². The topological polar surface area (TPSA) is 81.2 Å². The van der Waals surface area contributed by atoms with Crippen molar-refractivity contribution in [3.63, 3.8) is 0 Å². The van der Waals surface area contributed by atoms with Crippen LogP contribution in [0.5, 0.6) is 0 Å². The molecule has 0 atom stereocenters. The fourth-order valence-corrected chi connectivity index (χ4v) is 4.34. The highest BCUT2D eigenvalue weighted by molar-refractivity contribution is 5.93. The van der Waals surface area contributed by atoms with E-state index in [1.165, 1.54) is 25.7 Å². The lowest BCUT2D eigenvalue weighted by Crippen LogP contribution is -2.39. The second-order valence-corrected chi connectivity index (χ2v) is 7.74. The van der Waals surface area contributed by atoms with E-state index in [4.69, 9.17) is 5.73 Å². The number of aromatic nitrogens is 2. The zero-order chi connectivity index (χ0) is 17.8. The molecule has 2 fully saturated rings. The molecule has 1 aliphatic carbocycles. The number of carbonyl (C=O) groups is 2. The molecule has 0 radical (unpaired) electrons. The predicted octanol–water partition coefficient (Wildman–Crippen LogP) is 2.27. The van der Waals surface area contributed by atoms with Gasteiger partial charge in [-0.25, -0.2) is 0 Å². The van der Waals surface area contributed by atoms with E-state index in [1.807, 2.05) is 11.9 Å². The van der Waals surface area contributed by atoms with Gasteiger partial charge in [-0.2, -0.15) is 5.10 Å². The van der Waals surface area contributed by atoms with Gasteiger partial charge in [-0.05, 0) is 37.5 Å². The minimum atomic E-state index is -0.414. The summed E-state index contributed by atoms with van der Waals surface area (Å²) in [6.07, 6.45) is 11.5. The van der Waals surface area contributed by atoms with Gasteiger partial charge in [0.15, 0.2) is 0 Å². The first-order valence-corrected chi connectivity index (χ1v) is 9.63. The molecule has 3 rings (SSSR count). The summed E-state index contributed by atoms with van der Waals surface area (Å²) < 4.78 is 1.65. The van der Waals surface area contributed by atoms with Gasteiger partial charge in [-0.3, -0.25) is 14.3 Å². The number of hydrogen-bond donors (Lipinski definition) is 1. The number of carbonyl (C=O) groups excluding carboxylic acids is 2. The molecular formula is C19H30N4O2. The highest BCUT2D eigenvalue weighted by Crippen LogP contribution is 2.29. The summed E-state index contributed by atoms with van der Waals surface area (Å²) in [5.41, 5.74) is 6.75. The largest absolute Gasteiger partial charge is 0.365 e. The number of hydrogen-bond acceptors (Lipinski definition) is 3. The summed E-state index contributed by atoms with van der Waals surface area (Å²) in [6, 6.07) is 0. The maximum atomic E-state index is 12.4. The smallest absolute Gasteiger partial charge is 0.252 e. The Balaban J connectivity index is 1.45. The molecule has 6 heteroatoms. The van der Waals surface area contributed by atoms with E-state index in [2.05, 4.69) is 5.10 Å². The van der Waals surface area contributed by atoms with Crippen molar-refractivity contribution in [3.8, 4) is 0 Å². The van der Waals surface area contributed by atoms with Gasteiger partial charge in [-0.15, -0.1) is 0 Å². The van der Waals surface area contributed by atoms with Gasteiger partial charge in [0.25, 0.3) is 5.91 Å². The van der Waals surface area contributed by atoms with E-state index in [9.17, 15) is 9.59 Å². The number of nitrogens with two attached hydrogens (primary N) is 1. The maximum Gasteiger partial charge on any atom is 0.252 e. The van der Waals surface area contributed by atoms with Crippen molar-refractivity contribution in [2.24, 2.45) is 24.6 Å². The normalized spacial score (nSPS) is 19.5. The highest BCUT2D eigenvalue weighted by atomic mass is 16.2. The van der Waals surface area contributed by atoms with Crippen molar-refractivity contribution < 1.29 is 9.59 Å². The third-order valence-corrected chi connectivity index (χ3v) is 5.86. The van der Waals surface area contributed by atoms with Crippen LogP contribution in [0, 0.1) is 11.8 Å². The van der Waals surface area contributed by atoms with E-state index in [0.29, 0.717) is 23.8 Å². The monoisotopic (exact) mass is 346 g/mol. The summed E-state index contributed by atoms with van der Waals surface area (Å²) >= 11 is 0. The number of aryl methyl sites for hydroxylation is 1. The first-order valence-electron chi connectivity index (χ1n) is 9.63. The predicted molar refractivity (Wildman–Crippen MR) is 95.9 cm³/mol. The molecule has 1 aromatic rings. The Morgan fingerprint density at radius 1 is 1.16 bits per heavy atom. The van der Waals surface area contributed by atoms with E-state index in [0.717, 1.165) is 50.4 Å². The van der Waals surface area contributed by atoms with Crippen LogP contribution in [-0.2, 0) is 18.3 Å². The van der Waals surface area contributed by atoms with Gasteiger partial charge < -0.3 is 10.6 Å². The Hall–Kier alpha value is -1.85. The molecule has 0 aromatic carbocycles. The lowest BCUT2D eigenvalue weighted by molar-refractivity contribution is -0.132. The molecule has 2 amide bonds. The van der Waals surface area contributed by atoms with Crippen LogP contribution < -0.4 is 5.73 Å². The third-order valence-electron chi connectivity index (χ3n) is 5.86. The fourth-order valence-electron chi connectivity index (χ4n) is 4.34. The van der Waals surface area contributed by atoms with Gasteiger partial charge >= 0.3 is 0 Å². The quantitative estimate of drug-likeness (QED) is 0.858. The molecule has 25 heavy (non-hydrogen) atoms. The molecule has 138 valence electrons. The zero-order valence-electron chi connectivity index (χ0n) is 15.2. The van der Waals surface area contributed by atoms with Crippen LogP contribution in [0.4, 0.5) is 0 Å². The third kappa shape index (κ3) is 4.61. The summed E-state index contributed by atoms with van der Waals surface area (Å²) in [7, 11) is 1.81. The summed E-state index contributed by atoms with van der Waals surface area (Å²) in [6.45, 7) is 1.65. The Labute approximate surface area is 149 Å². The molecule has 1 aromatic heterocycles. The first-order chi connectivity index (χ1) is 12.0. The minimum absolute atomic E-state index is 0.320. The van der Waals surface area contributed by atoms with Crippen LogP contribution in [-0.4, -0.2) is 39.6 Å². The van der Waals surface area contributed by atoms with Crippen molar-refractivity contribution in [3.05, 3.63) is 17.5 Å². The average molecular weight is 346 g/mol. The number of nitrogens with zero attached hydrogens (tertiary/aromatic N) is 3. The number of primary amides is 1. The Kier molecular flexibility index (Phi) is 5.76. The van der Waals surface area contributed by atoms with Crippen molar-refractivity contribution in [2.45, 2.75) is 57.8 Å². The van der Waals surface area contributed by atoms with E-state index in [-0.39, 0.29) is 0 Å². The molecule has 1 saturated carbocycles. The molecule has 6 nitrogen and oxygen atoms in total. The van der Waals surface area contributed by atoms with Gasteiger partial charge in [0.1, 0.15) is 0 Å². The Morgan fingerprint density at radius 2 is 1.84 bits per heavy atom. The summed E-state index contributed by atoms with van der Waals surface area (Å²) in [4.78, 5) is 26.0. The van der Waals surface area contributed by atoms with Crippen molar-refractivity contribution in [1.29, 1.82) is 0 Å². The van der Waals surface area contributed by atoms with Crippen LogP contribution in [0.3, 0.4) is 0 Å². The zero-order valence-corrected chi connectivity index (χ0v) is 15.2. The molecule has 2 heterocycles. The van der Waals surface area contributed by atoms with Crippen molar-refractivity contribution >= 4 is 11.8 Å². The molecule has 0 bridgehead atoms. The van der Waals surface area contributed by atoms with Crippen LogP contribution in [0.25, 0.3) is 0 Å². The number of amides is 2. The second-order valence-electron chi connectivity index (χ2n) is 7.74. The number of likely N-dealkylation sites (tertiary alicyclic amines) is 1. The highest BCUT2D eigenvalue weighted by Gasteiger charge is 2.26. The minimum Gasteiger partial charge on any atom is -0.365 e. The SMILES string of the molecule is Cn1cc(C(N)=O)c(CC2CCN(C(=O)CCC3CCCC3)CC2)n1. The molecule has 2 aliphatic rings. The molecular weight excluding hydrogens is 316 g/mol. The van der Waals surface area contributed by atoms with E-state index >= 15 is 0 Å². The van der Waals surface area contributed by atoms with Gasteiger partial charge in [0.05, 0.1) is 11.3 Å². The van der Waals surface area contributed by atoms with E-state index < -0.39 is 5.91 Å². The number of rotatable bonds is 6. The lowest BCUT2D eigenvalue weighted by atomic mass is 9.90. The van der Waals surface area contributed by atoms with Gasteiger partial charge in [-0.1, -0.05) is 25.7 Å². The maximum absolute atomic E-state index is 12.4. The molecule has 0 unspecified atom stereocenters. The van der Waals surface area contributed by atoms with Gasteiger partial charge in [0.2, 0.25) is 5.91 Å². The fraction of sp³-hybridized carbons (Fsp3) is 0.737. The first kappa shape index (κ1) is 18.0. The van der Waals surface area contributed by atoms with Gasteiger partial charge in [0, 0.05) is 32.8 Å². The van der Waals surface area contributed by atoms with Crippen molar-refractivity contribution in [2.75, 3.05) is 13.1 Å². The molecule has 1 aliphatic heterocycles. The lowest BCUT2D eigenvalue weighted by Gasteiger charge is -2.32. The van der Waals surface area contributed by atoms with Crippen LogP contribution in [0.15, 0.2) is 6.20 Å². The van der Waals surface area contributed by atoms with E-state index in [1.54, 1.807) is 10.9 Å². The molecule has 2 N–H and O–H groups in total. The Bertz CT molecular complexity index is 611. The summed E-state index contributed by atoms with van der Waals surface area (Å²) in [5.74, 6) is 1.15. The standard InChI is InChI=1S/C19H30N4O2/c1-22-13-16(19(20)25)17(21-22)12-15-8-10-23(11-9-15)18(24)7-6-14-4-2-3-5-14/h13-15H,2-12H2,1H3,(H2,20,25). The van der Waals surface area contributed by atoms with Crippen LogP contribution in [0.1, 0.15) is 67.4 Å². The van der Waals surface area contributed by atoms with Crippen molar-refractivity contribution in [1.82, 2.24) is 14.7 Å². The average Bonchev–Trinajstić information content (AvgIpc) is 3.23. The summed E-state index contributed by atoms with van der Waals surface area (Å²) in [5, 5.41) is 4.39.